The van der Waals surface area contributed by atoms with Crippen molar-refractivity contribution in [2.45, 2.75) is 32.4 Å². The summed E-state index contributed by atoms with van der Waals surface area (Å²) in [5.41, 5.74) is 7.34. The van der Waals surface area contributed by atoms with Gasteiger partial charge in [-0.2, -0.15) is 0 Å². The first-order chi connectivity index (χ1) is 8.20. The molecule has 1 aromatic carbocycles. The van der Waals surface area contributed by atoms with Crippen LogP contribution in [0, 0.1) is 5.92 Å². The fourth-order valence-corrected chi connectivity index (χ4v) is 2.76. The predicted octanol–water partition coefficient (Wildman–Crippen LogP) is 2.90. The highest BCUT2D eigenvalue weighted by atomic mass is 35.5. The molecule has 0 aromatic heterocycles. The highest BCUT2D eigenvalue weighted by Gasteiger charge is 2.25. The van der Waals surface area contributed by atoms with Crippen molar-refractivity contribution in [3.63, 3.8) is 0 Å². The molecule has 0 spiro atoms. The SMILES string of the molecule is CCC1CN(Cc2ccccc2Cl)CCC1N. The molecule has 2 nitrogen and oxygen atoms in total. The quantitative estimate of drug-likeness (QED) is 0.896. The maximum absolute atomic E-state index is 6.19. The van der Waals surface area contributed by atoms with E-state index in [1.54, 1.807) is 0 Å². The lowest BCUT2D eigenvalue weighted by molar-refractivity contribution is 0.145. The maximum Gasteiger partial charge on any atom is 0.0451 e. The molecule has 0 aliphatic carbocycles. The highest BCUT2D eigenvalue weighted by molar-refractivity contribution is 6.31. The van der Waals surface area contributed by atoms with Crippen LogP contribution < -0.4 is 5.73 Å². The molecule has 1 saturated heterocycles. The third-order valence-corrected chi connectivity index (χ3v) is 4.12. The number of hydrogen-bond acceptors (Lipinski definition) is 2. The Morgan fingerprint density at radius 1 is 1.41 bits per heavy atom. The second kappa shape index (κ2) is 5.85. The average molecular weight is 253 g/mol. The Kier molecular flexibility index (Phi) is 4.43. The van der Waals surface area contributed by atoms with E-state index < -0.39 is 0 Å². The van der Waals surface area contributed by atoms with Gasteiger partial charge in [0.05, 0.1) is 0 Å². The summed E-state index contributed by atoms with van der Waals surface area (Å²) in [7, 11) is 0. The molecule has 0 saturated carbocycles. The van der Waals surface area contributed by atoms with Gasteiger partial charge in [-0.1, -0.05) is 43.1 Å². The number of hydrogen-bond donors (Lipinski definition) is 1. The number of benzene rings is 1. The normalized spacial score (nSPS) is 26.1. The Hall–Kier alpha value is -0.570. The highest BCUT2D eigenvalue weighted by Crippen LogP contribution is 2.22. The van der Waals surface area contributed by atoms with Crippen LogP contribution in [0.1, 0.15) is 25.3 Å². The number of rotatable bonds is 3. The summed E-state index contributed by atoms with van der Waals surface area (Å²) in [6.07, 6.45) is 2.27. The lowest BCUT2D eigenvalue weighted by Crippen LogP contribution is -2.46. The zero-order chi connectivity index (χ0) is 12.3. The second-order valence-corrected chi connectivity index (χ2v) is 5.35. The molecule has 17 heavy (non-hydrogen) atoms. The predicted molar refractivity (Wildman–Crippen MR) is 73.1 cm³/mol. The Morgan fingerprint density at radius 3 is 2.88 bits per heavy atom. The number of nitrogens with two attached hydrogens (primary N) is 1. The standard InChI is InChI=1S/C14H21ClN2/c1-2-11-9-17(8-7-14(11)16)10-12-5-3-4-6-13(12)15/h3-6,11,14H,2,7-10,16H2,1H3. The van der Waals surface area contributed by atoms with Gasteiger partial charge in [-0.25, -0.2) is 0 Å². The molecular formula is C14H21ClN2. The summed E-state index contributed by atoms with van der Waals surface area (Å²) < 4.78 is 0. The minimum Gasteiger partial charge on any atom is -0.327 e. The number of halogens is 1. The topological polar surface area (TPSA) is 29.3 Å². The van der Waals surface area contributed by atoms with Gasteiger partial charge in [-0.15, -0.1) is 0 Å². The van der Waals surface area contributed by atoms with Gasteiger partial charge in [0.2, 0.25) is 0 Å². The van der Waals surface area contributed by atoms with Crippen LogP contribution in [0.15, 0.2) is 24.3 Å². The van der Waals surface area contributed by atoms with Crippen LogP contribution in [-0.2, 0) is 6.54 Å². The van der Waals surface area contributed by atoms with E-state index in [1.807, 2.05) is 18.2 Å². The molecular weight excluding hydrogens is 232 g/mol. The van der Waals surface area contributed by atoms with Crippen LogP contribution in [0.4, 0.5) is 0 Å². The molecule has 0 bridgehead atoms. The average Bonchev–Trinajstić information content (AvgIpc) is 2.34. The van der Waals surface area contributed by atoms with Gasteiger partial charge in [0.1, 0.15) is 0 Å². The minimum absolute atomic E-state index is 0.377. The van der Waals surface area contributed by atoms with Crippen LogP contribution in [0.25, 0.3) is 0 Å². The van der Waals surface area contributed by atoms with E-state index in [1.165, 1.54) is 12.0 Å². The van der Waals surface area contributed by atoms with Gasteiger partial charge in [-0.3, -0.25) is 4.90 Å². The van der Waals surface area contributed by atoms with Crippen molar-refractivity contribution in [2.24, 2.45) is 11.7 Å². The molecule has 2 N–H and O–H groups in total. The zero-order valence-corrected chi connectivity index (χ0v) is 11.2. The molecule has 3 heteroatoms. The lowest BCUT2D eigenvalue weighted by Gasteiger charge is -2.36. The monoisotopic (exact) mass is 252 g/mol. The number of nitrogens with zero attached hydrogens (tertiary/aromatic N) is 1. The van der Waals surface area contributed by atoms with Crippen LogP contribution in [0.3, 0.4) is 0 Å². The Labute approximate surface area is 109 Å². The third kappa shape index (κ3) is 3.21. The van der Waals surface area contributed by atoms with Crippen LogP contribution in [0.5, 0.6) is 0 Å². The van der Waals surface area contributed by atoms with Crippen LogP contribution in [0.2, 0.25) is 5.02 Å². The largest absolute Gasteiger partial charge is 0.327 e. The van der Waals surface area contributed by atoms with Crippen molar-refractivity contribution in [3.8, 4) is 0 Å². The molecule has 1 aromatic rings. The summed E-state index contributed by atoms with van der Waals surface area (Å²) in [6, 6.07) is 8.48. The van der Waals surface area contributed by atoms with E-state index in [0.29, 0.717) is 12.0 Å². The molecule has 1 aliphatic heterocycles. The fraction of sp³-hybridized carbons (Fsp3) is 0.571. The summed E-state index contributed by atoms with van der Waals surface area (Å²) >= 11 is 6.19. The summed E-state index contributed by atoms with van der Waals surface area (Å²) in [4.78, 5) is 2.47. The van der Waals surface area contributed by atoms with Gasteiger partial charge in [0.15, 0.2) is 0 Å². The van der Waals surface area contributed by atoms with Crippen molar-refractivity contribution in [2.75, 3.05) is 13.1 Å². The summed E-state index contributed by atoms with van der Waals surface area (Å²) in [6.45, 7) is 5.36. The molecule has 94 valence electrons. The van der Waals surface area contributed by atoms with Gasteiger partial charge in [-0.05, 0) is 30.5 Å². The number of likely N-dealkylation sites (tertiary alicyclic amines) is 1. The van der Waals surface area contributed by atoms with Crippen molar-refractivity contribution in [1.29, 1.82) is 0 Å². The van der Waals surface area contributed by atoms with Crippen molar-refractivity contribution < 1.29 is 0 Å². The van der Waals surface area contributed by atoms with E-state index in [0.717, 1.165) is 31.1 Å². The molecule has 1 heterocycles. The van der Waals surface area contributed by atoms with Crippen molar-refractivity contribution >= 4 is 11.6 Å². The summed E-state index contributed by atoms with van der Waals surface area (Å²) in [5, 5.41) is 0.871. The molecule has 2 atom stereocenters. The first-order valence-electron chi connectivity index (χ1n) is 6.42. The second-order valence-electron chi connectivity index (χ2n) is 4.95. The zero-order valence-electron chi connectivity index (χ0n) is 10.4. The molecule has 1 aliphatic rings. The van der Waals surface area contributed by atoms with Crippen molar-refractivity contribution in [1.82, 2.24) is 4.90 Å². The summed E-state index contributed by atoms with van der Waals surface area (Å²) in [5.74, 6) is 0.631. The lowest BCUT2D eigenvalue weighted by atomic mass is 9.90. The van der Waals surface area contributed by atoms with E-state index in [9.17, 15) is 0 Å². The Balaban J connectivity index is 1.98. The van der Waals surface area contributed by atoms with E-state index in [4.69, 9.17) is 17.3 Å². The first kappa shape index (κ1) is 12.9. The molecule has 0 radical (unpaired) electrons. The van der Waals surface area contributed by atoms with Gasteiger partial charge >= 0.3 is 0 Å². The van der Waals surface area contributed by atoms with E-state index in [-0.39, 0.29) is 0 Å². The van der Waals surface area contributed by atoms with Crippen molar-refractivity contribution in [3.05, 3.63) is 34.9 Å². The Morgan fingerprint density at radius 2 is 2.18 bits per heavy atom. The minimum atomic E-state index is 0.377. The van der Waals surface area contributed by atoms with Gasteiger partial charge < -0.3 is 5.73 Å². The van der Waals surface area contributed by atoms with E-state index >= 15 is 0 Å². The van der Waals surface area contributed by atoms with Crippen LogP contribution in [-0.4, -0.2) is 24.0 Å². The fourth-order valence-electron chi connectivity index (χ4n) is 2.57. The van der Waals surface area contributed by atoms with Gasteiger partial charge in [0.25, 0.3) is 0 Å². The van der Waals surface area contributed by atoms with Gasteiger partial charge in [0, 0.05) is 24.2 Å². The van der Waals surface area contributed by atoms with Crippen LogP contribution >= 0.6 is 11.6 Å². The maximum atomic E-state index is 6.19. The molecule has 1 fully saturated rings. The first-order valence-corrected chi connectivity index (χ1v) is 6.80. The van der Waals surface area contributed by atoms with E-state index in [2.05, 4.69) is 17.9 Å². The third-order valence-electron chi connectivity index (χ3n) is 3.75. The molecule has 2 unspecified atom stereocenters. The number of piperidine rings is 1. The molecule has 0 amide bonds. The Bertz CT molecular complexity index is 367. The molecule has 2 rings (SSSR count). The smallest absolute Gasteiger partial charge is 0.0451 e.